The molecule has 0 aromatic carbocycles. The van der Waals surface area contributed by atoms with Gasteiger partial charge in [-0.05, 0) is 86.8 Å². The second kappa shape index (κ2) is 20.2. The van der Waals surface area contributed by atoms with Gasteiger partial charge in [-0.3, -0.25) is 4.79 Å². The second-order valence-corrected chi connectivity index (χ2v) is 27.1. The Balaban J connectivity index is 0.692. The maximum Gasteiger partial charge on any atom is 0.308 e. The van der Waals surface area contributed by atoms with Crippen LogP contribution >= 0.6 is 0 Å². The molecule has 14 saturated heterocycles. The summed E-state index contributed by atoms with van der Waals surface area (Å²) in [4.78, 5) is 14.5. The summed E-state index contributed by atoms with van der Waals surface area (Å²) >= 11 is 0. The highest BCUT2D eigenvalue weighted by atomic mass is 16.8. The van der Waals surface area contributed by atoms with Crippen molar-refractivity contribution >= 4 is 5.97 Å². The number of rotatable bonds is 2. The molecule has 0 amide bonds. The molecule has 14 rings (SSSR count). The van der Waals surface area contributed by atoms with Gasteiger partial charge in [0.2, 0.25) is 0 Å². The van der Waals surface area contributed by atoms with E-state index in [4.69, 9.17) is 72.0 Å². The molecule has 436 valence electrons. The van der Waals surface area contributed by atoms with Gasteiger partial charge in [0.05, 0.1) is 129 Å². The lowest BCUT2D eigenvalue weighted by Gasteiger charge is -2.54. The third kappa shape index (κ3) is 9.65. The predicted octanol–water partition coefficient (Wildman–Crippen LogP) is 4.83. The molecular weight excluding hydrogens is 1010 g/mol. The summed E-state index contributed by atoms with van der Waals surface area (Å²) < 4.78 is 95.9. The van der Waals surface area contributed by atoms with Gasteiger partial charge in [0, 0.05) is 63.7 Å². The van der Waals surface area contributed by atoms with E-state index in [0.717, 1.165) is 30.4 Å². The molecule has 14 aliphatic rings. The molecule has 5 N–H and O–H groups in total. The normalized spacial score (nSPS) is 56.4. The topological polar surface area (TPSA) is 233 Å². The highest BCUT2D eigenvalue weighted by molar-refractivity contribution is 5.70. The average Bonchev–Trinajstić information content (AvgIpc) is 4.24. The lowest BCUT2D eigenvalue weighted by Crippen LogP contribution is -2.62. The number of ether oxygens (including phenoxy) is 14. The molecule has 3 spiro atoms. The van der Waals surface area contributed by atoms with Crippen LogP contribution < -0.4 is 5.73 Å². The summed E-state index contributed by atoms with van der Waals surface area (Å²) in [5.74, 6) is -5.30. The summed E-state index contributed by atoms with van der Waals surface area (Å²) in [7, 11) is 0. The van der Waals surface area contributed by atoms with Gasteiger partial charge in [0.25, 0.3) is 0 Å². The molecular formula is C59H87NO18. The molecule has 14 aliphatic heterocycles. The Bertz CT molecular complexity index is 2290. The van der Waals surface area contributed by atoms with Crippen LogP contribution in [-0.2, 0) is 71.1 Å². The largest absolute Gasteiger partial charge is 0.459 e. The zero-order valence-electron chi connectivity index (χ0n) is 46.1. The van der Waals surface area contributed by atoms with E-state index in [1.165, 1.54) is 0 Å². The van der Waals surface area contributed by atoms with Crippen molar-refractivity contribution in [3.63, 3.8) is 0 Å². The lowest BCUT2D eigenvalue weighted by molar-refractivity contribution is -0.371. The molecule has 14 fully saturated rings. The Morgan fingerprint density at radius 3 is 2.06 bits per heavy atom. The van der Waals surface area contributed by atoms with E-state index in [2.05, 4.69) is 40.9 Å². The van der Waals surface area contributed by atoms with Crippen molar-refractivity contribution in [2.75, 3.05) is 6.54 Å². The van der Waals surface area contributed by atoms with Gasteiger partial charge in [-0.1, -0.05) is 40.9 Å². The quantitative estimate of drug-likeness (QED) is 0.165. The Labute approximate surface area is 458 Å². The Hall–Kier alpha value is -1.73. The fourth-order valence-corrected chi connectivity index (χ4v) is 17.7. The summed E-state index contributed by atoms with van der Waals surface area (Å²) in [6.07, 6.45) is 1.68. The van der Waals surface area contributed by atoms with Crippen LogP contribution in [0.5, 0.6) is 0 Å². The smallest absolute Gasteiger partial charge is 0.308 e. The van der Waals surface area contributed by atoms with E-state index < -0.39 is 72.0 Å². The number of hydrogen-bond donors (Lipinski definition) is 4. The number of nitrogens with two attached hydrogens (primary N) is 1. The van der Waals surface area contributed by atoms with Crippen LogP contribution in [0.15, 0.2) is 24.3 Å². The number of hydrogen-bond acceptors (Lipinski definition) is 19. The molecule has 10 bridgehead atoms. The molecule has 0 saturated carbocycles. The van der Waals surface area contributed by atoms with Crippen LogP contribution in [0.1, 0.15) is 150 Å². The third-order valence-corrected chi connectivity index (χ3v) is 21.3. The van der Waals surface area contributed by atoms with Gasteiger partial charge in [-0.2, -0.15) is 0 Å². The van der Waals surface area contributed by atoms with Crippen molar-refractivity contribution in [2.45, 2.75) is 307 Å². The Kier molecular flexibility index (Phi) is 14.1. The van der Waals surface area contributed by atoms with Crippen molar-refractivity contribution in [3.05, 3.63) is 24.3 Å². The molecule has 19 heteroatoms. The maximum atomic E-state index is 14.5. The van der Waals surface area contributed by atoms with Crippen molar-refractivity contribution in [2.24, 2.45) is 29.4 Å². The first-order chi connectivity index (χ1) is 37.3. The van der Waals surface area contributed by atoms with Gasteiger partial charge in [0.1, 0.15) is 18.3 Å². The summed E-state index contributed by atoms with van der Waals surface area (Å²) in [5, 5.41) is 33.7. The first-order valence-corrected chi connectivity index (χ1v) is 30.4. The molecule has 14 heterocycles. The Morgan fingerprint density at radius 1 is 0.551 bits per heavy atom. The number of fused-ring (bicyclic) bond motifs is 13. The number of carbonyl (C=O) groups excluding carboxylic acids is 1. The van der Waals surface area contributed by atoms with Gasteiger partial charge < -0.3 is 87.4 Å². The molecule has 19 nitrogen and oxygen atoms in total. The first kappa shape index (κ1) is 54.2. The predicted molar refractivity (Wildman–Crippen MR) is 273 cm³/mol. The molecule has 78 heavy (non-hydrogen) atoms. The number of aliphatic hydroxyl groups is 3. The van der Waals surface area contributed by atoms with Crippen molar-refractivity contribution < 1.29 is 86.4 Å². The van der Waals surface area contributed by atoms with Gasteiger partial charge in [0.15, 0.2) is 23.1 Å². The van der Waals surface area contributed by atoms with Crippen LogP contribution in [-0.4, -0.2) is 185 Å². The highest BCUT2D eigenvalue weighted by Crippen LogP contribution is 2.57. The van der Waals surface area contributed by atoms with Crippen molar-refractivity contribution in [1.29, 1.82) is 0 Å². The molecule has 29 atom stereocenters. The summed E-state index contributed by atoms with van der Waals surface area (Å²) in [5.41, 5.74) is 7.92. The van der Waals surface area contributed by atoms with E-state index in [9.17, 15) is 20.1 Å². The Morgan fingerprint density at radius 2 is 1.23 bits per heavy atom. The number of esters is 1. The zero-order valence-corrected chi connectivity index (χ0v) is 46.1. The van der Waals surface area contributed by atoms with Crippen LogP contribution in [0.4, 0.5) is 0 Å². The first-order valence-electron chi connectivity index (χ1n) is 30.4. The molecule has 0 aliphatic carbocycles. The number of aliphatic hydroxyl groups excluding tert-OH is 1. The van der Waals surface area contributed by atoms with E-state index >= 15 is 0 Å². The van der Waals surface area contributed by atoms with Gasteiger partial charge >= 0.3 is 5.97 Å². The van der Waals surface area contributed by atoms with Crippen molar-refractivity contribution in [1.82, 2.24) is 0 Å². The summed E-state index contributed by atoms with van der Waals surface area (Å²) in [6, 6.07) is 0. The second-order valence-electron chi connectivity index (χ2n) is 27.1. The summed E-state index contributed by atoms with van der Waals surface area (Å²) in [6.45, 7) is 18.2. The maximum absolute atomic E-state index is 14.5. The average molecular weight is 1100 g/mol. The number of carbonyl (C=O) groups is 1. The minimum atomic E-state index is -2.13. The van der Waals surface area contributed by atoms with Crippen LogP contribution in [0.2, 0.25) is 0 Å². The van der Waals surface area contributed by atoms with E-state index in [0.29, 0.717) is 96.4 Å². The van der Waals surface area contributed by atoms with Gasteiger partial charge in [-0.15, -0.1) is 0 Å². The lowest BCUT2D eigenvalue weighted by atomic mass is 9.78. The van der Waals surface area contributed by atoms with E-state index in [1.807, 2.05) is 0 Å². The molecule has 0 aromatic heterocycles. The third-order valence-electron chi connectivity index (χ3n) is 21.3. The van der Waals surface area contributed by atoms with Gasteiger partial charge in [-0.25, -0.2) is 0 Å². The van der Waals surface area contributed by atoms with E-state index in [-0.39, 0.29) is 128 Å². The minimum Gasteiger partial charge on any atom is -0.459 e. The molecule has 0 radical (unpaired) electrons. The van der Waals surface area contributed by atoms with Crippen LogP contribution in [0.3, 0.4) is 0 Å². The highest BCUT2D eigenvalue weighted by Gasteiger charge is 2.67. The molecule has 0 aromatic rings. The monoisotopic (exact) mass is 1100 g/mol. The minimum absolute atomic E-state index is 0.0272. The van der Waals surface area contributed by atoms with Crippen LogP contribution in [0, 0.1) is 23.7 Å². The fraction of sp³-hybridized carbons (Fsp3) is 0.915. The zero-order chi connectivity index (χ0) is 53.8. The molecule has 0 unspecified atom stereocenters. The van der Waals surface area contributed by atoms with Crippen molar-refractivity contribution in [3.8, 4) is 0 Å². The fourth-order valence-electron chi connectivity index (χ4n) is 17.7. The van der Waals surface area contributed by atoms with E-state index in [1.54, 1.807) is 0 Å². The SMILES string of the molecule is C=C1C[C@@H]2CC[C@]34CC(O)(O)[C@H](O3)[C@H]3C[C@@H](O4)[C@H]4O[C@H](CC[C@@H]4O3)CC(=O)O[C@@H]3[C@@H](C)[C@@H]4O[C@@H]5C[C@]6(C[C@@H]7O[C@]8(C[C@H](C)[C@@H]9O[C@H](CCN)[C@H](O)C[C@@H]9O8)C[C@H](C)[C@@H]7O6)O[C@@H]5C[C@@H]4O[C@H]3C[C@H]3O[C@@H](CC[C@@H]1O2)C[C@@H](C)C3=C. The standard InChI is InChI=1S/C59H87NO18/c1-27-15-33-7-9-37-28(2)16-35(65-37)11-13-56-26-59(63,64)55(78-56)46-21-45(74-56)54-39(68-46)10-8-34(67-54)17-49(62)72-53-32(6)52-43(69-42(53)19-40(66-33)31(27)5)20-41-47(71-52)24-58(73-41)25-48-51(77-58)30(4)23-57(76-48)22-29(3)50-44(75-57)18-36(61)38(70-50)12-14-60/h27,29-30,32-48,50-55,61,63-64H,2,5,7-26,60H2,1,3-4,6H3/t27-,29+,30+,32+,33+,34-,35+,36-,37+,38-,39+,40-,41-,42+,43+,44+,45-,46-,47-,48+,50+,51+,52+,53-,54+,55-,56-,57-,58+/m1/s1. The van der Waals surface area contributed by atoms with Crippen LogP contribution in [0.25, 0.3) is 0 Å².